The number of carbonyl (C=O) groups excluding carboxylic acids is 1. The summed E-state index contributed by atoms with van der Waals surface area (Å²) in [6, 6.07) is 7.47. The molecule has 0 unspecified atom stereocenters. The van der Waals surface area contributed by atoms with Crippen molar-refractivity contribution in [3.63, 3.8) is 0 Å². The number of hydrogen-bond acceptors (Lipinski definition) is 4. The summed E-state index contributed by atoms with van der Waals surface area (Å²) in [5.41, 5.74) is 1.63. The van der Waals surface area contributed by atoms with Gasteiger partial charge in [0.15, 0.2) is 0 Å². The molecule has 1 heterocycles. The van der Waals surface area contributed by atoms with Crippen LogP contribution in [0.15, 0.2) is 33.6 Å². The molecule has 4 heteroatoms. The summed E-state index contributed by atoms with van der Waals surface area (Å²) >= 11 is 1.64. The maximum atomic E-state index is 10.5. The molecule has 0 aliphatic rings. The van der Waals surface area contributed by atoms with E-state index in [-0.39, 0.29) is 0 Å². The van der Waals surface area contributed by atoms with Crippen molar-refractivity contribution in [1.82, 2.24) is 4.98 Å². The highest BCUT2D eigenvalue weighted by Crippen LogP contribution is 2.23. The van der Waals surface area contributed by atoms with Gasteiger partial charge in [0.25, 0.3) is 0 Å². The number of benzene rings is 1. The summed E-state index contributed by atoms with van der Waals surface area (Å²) in [4.78, 5) is 15.9. The topological polar surface area (TPSA) is 43.1 Å². The van der Waals surface area contributed by atoms with Crippen molar-refractivity contribution in [2.24, 2.45) is 0 Å². The molecule has 0 radical (unpaired) electrons. The molecule has 2 aromatic rings. The molecule has 88 valence electrons. The highest BCUT2D eigenvalue weighted by Gasteiger charge is 2.05. The van der Waals surface area contributed by atoms with Crippen molar-refractivity contribution in [3.8, 4) is 0 Å². The van der Waals surface area contributed by atoms with Gasteiger partial charge < -0.3 is 4.42 Å². The molecule has 0 aliphatic carbocycles. The van der Waals surface area contributed by atoms with Crippen LogP contribution in [0.4, 0.5) is 0 Å². The van der Waals surface area contributed by atoms with E-state index in [1.807, 2.05) is 26.0 Å². The molecule has 0 N–H and O–H groups in total. The fourth-order valence-electron chi connectivity index (χ4n) is 1.39. The molecule has 0 atom stereocenters. The van der Waals surface area contributed by atoms with Crippen LogP contribution in [0, 0.1) is 13.8 Å². The van der Waals surface area contributed by atoms with Gasteiger partial charge in [-0.3, -0.25) is 4.79 Å². The number of nitrogens with zero attached hydrogens (tertiary/aromatic N) is 1. The van der Waals surface area contributed by atoms with Crippen molar-refractivity contribution < 1.29 is 9.21 Å². The molecule has 17 heavy (non-hydrogen) atoms. The molecule has 3 nitrogen and oxygen atoms in total. The Morgan fingerprint density at radius 3 is 2.53 bits per heavy atom. The standard InChI is InChI=1S/C13H13NO2S/c1-9-10(2)16-13(14-9)8-17-12-5-3-11(7-15)4-6-12/h3-7H,8H2,1-2H3. The van der Waals surface area contributed by atoms with Crippen LogP contribution >= 0.6 is 11.8 Å². The van der Waals surface area contributed by atoms with Crippen LogP contribution in [0.5, 0.6) is 0 Å². The van der Waals surface area contributed by atoms with Crippen molar-refractivity contribution in [1.29, 1.82) is 0 Å². The number of carbonyl (C=O) groups is 1. The van der Waals surface area contributed by atoms with Gasteiger partial charge in [0, 0.05) is 10.5 Å². The predicted octanol–water partition coefficient (Wildman–Crippen LogP) is 3.40. The van der Waals surface area contributed by atoms with Gasteiger partial charge in [0.2, 0.25) is 5.89 Å². The Morgan fingerprint density at radius 2 is 2.00 bits per heavy atom. The zero-order valence-corrected chi connectivity index (χ0v) is 10.6. The smallest absolute Gasteiger partial charge is 0.204 e. The van der Waals surface area contributed by atoms with Gasteiger partial charge in [-0.25, -0.2) is 4.98 Å². The molecule has 2 rings (SSSR count). The molecule has 0 amide bonds. The fourth-order valence-corrected chi connectivity index (χ4v) is 2.13. The first kappa shape index (κ1) is 11.9. The second-order valence-electron chi connectivity index (χ2n) is 3.72. The summed E-state index contributed by atoms with van der Waals surface area (Å²) in [5.74, 6) is 2.32. The molecular formula is C13H13NO2S. The van der Waals surface area contributed by atoms with Gasteiger partial charge in [-0.2, -0.15) is 0 Å². The van der Waals surface area contributed by atoms with Crippen LogP contribution in [-0.4, -0.2) is 11.3 Å². The summed E-state index contributed by atoms with van der Waals surface area (Å²) in [6.07, 6.45) is 0.843. The summed E-state index contributed by atoms with van der Waals surface area (Å²) < 4.78 is 5.49. The van der Waals surface area contributed by atoms with E-state index in [0.29, 0.717) is 11.3 Å². The lowest BCUT2D eigenvalue weighted by Gasteiger charge is -1.98. The quantitative estimate of drug-likeness (QED) is 0.613. The third-order valence-electron chi connectivity index (χ3n) is 2.45. The first-order valence-electron chi connectivity index (χ1n) is 5.30. The third kappa shape index (κ3) is 2.97. The number of oxazole rings is 1. The second kappa shape index (κ2) is 5.19. The molecule has 0 saturated carbocycles. The summed E-state index contributed by atoms with van der Waals surface area (Å²) in [6.45, 7) is 3.85. The van der Waals surface area contributed by atoms with Crippen LogP contribution < -0.4 is 0 Å². The van der Waals surface area contributed by atoms with E-state index in [9.17, 15) is 4.79 Å². The van der Waals surface area contributed by atoms with E-state index in [1.54, 1.807) is 23.9 Å². The average molecular weight is 247 g/mol. The molecular weight excluding hydrogens is 234 g/mol. The number of aldehydes is 1. The minimum absolute atomic E-state index is 0.692. The zero-order valence-electron chi connectivity index (χ0n) is 9.77. The van der Waals surface area contributed by atoms with E-state index < -0.39 is 0 Å². The molecule has 1 aromatic heterocycles. The van der Waals surface area contributed by atoms with Crippen LogP contribution in [-0.2, 0) is 5.75 Å². The van der Waals surface area contributed by atoms with Crippen LogP contribution in [0.2, 0.25) is 0 Å². The van der Waals surface area contributed by atoms with Gasteiger partial charge in [0.1, 0.15) is 12.0 Å². The van der Waals surface area contributed by atoms with Crippen molar-refractivity contribution in [3.05, 3.63) is 47.2 Å². The SMILES string of the molecule is Cc1nc(CSc2ccc(C=O)cc2)oc1C. The second-order valence-corrected chi connectivity index (χ2v) is 4.77. The van der Waals surface area contributed by atoms with Crippen molar-refractivity contribution >= 4 is 18.0 Å². The Hall–Kier alpha value is -1.55. The number of aryl methyl sites for hydroxylation is 2. The van der Waals surface area contributed by atoms with Crippen molar-refractivity contribution in [2.45, 2.75) is 24.5 Å². The first-order chi connectivity index (χ1) is 8.19. The van der Waals surface area contributed by atoms with E-state index in [0.717, 1.165) is 28.5 Å². The molecule has 0 aliphatic heterocycles. The van der Waals surface area contributed by atoms with Gasteiger partial charge in [-0.05, 0) is 26.0 Å². The lowest BCUT2D eigenvalue weighted by molar-refractivity contribution is 0.112. The van der Waals surface area contributed by atoms with Gasteiger partial charge >= 0.3 is 0 Å². The zero-order chi connectivity index (χ0) is 12.3. The van der Waals surface area contributed by atoms with Gasteiger partial charge in [0.05, 0.1) is 11.4 Å². The first-order valence-corrected chi connectivity index (χ1v) is 6.28. The molecule has 0 saturated heterocycles. The fraction of sp³-hybridized carbons (Fsp3) is 0.231. The van der Waals surface area contributed by atoms with Gasteiger partial charge in [-0.1, -0.05) is 12.1 Å². The Balaban J connectivity index is 1.99. The Labute approximate surface area is 104 Å². The highest BCUT2D eigenvalue weighted by atomic mass is 32.2. The number of rotatable bonds is 4. The Morgan fingerprint density at radius 1 is 1.29 bits per heavy atom. The molecule has 0 bridgehead atoms. The predicted molar refractivity (Wildman–Crippen MR) is 67.4 cm³/mol. The van der Waals surface area contributed by atoms with Crippen LogP contribution in [0.3, 0.4) is 0 Å². The molecule has 0 spiro atoms. The maximum absolute atomic E-state index is 10.5. The summed E-state index contributed by atoms with van der Waals surface area (Å²) in [7, 11) is 0. The monoisotopic (exact) mass is 247 g/mol. The normalized spacial score (nSPS) is 10.5. The largest absolute Gasteiger partial charge is 0.445 e. The average Bonchev–Trinajstić information content (AvgIpc) is 2.67. The molecule has 0 fully saturated rings. The molecule has 1 aromatic carbocycles. The number of aromatic nitrogens is 1. The Kier molecular flexibility index (Phi) is 3.64. The number of thioether (sulfide) groups is 1. The van der Waals surface area contributed by atoms with E-state index in [2.05, 4.69) is 4.98 Å². The lowest BCUT2D eigenvalue weighted by atomic mass is 10.2. The maximum Gasteiger partial charge on any atom is 0.204 e. The van der Waals surface area contributed by atoms with E-state index in [4.69, 9.17) is 4.42 Å². The summed E-state index contributed by atoms with van der Waals surface area (Å²) in [5, 5.41) is 0. The minimum atomic E-state index is 0.692. The van der Waals surface area contributed by atoms with E-state index in [1.165, 1.54) is 0 Å². The number of hydrogen-bond donors (Lipinski definition) is 0. The van der Waals surface area contributed by atoms with E-state index >= 15 is 0 Å². The third-order valence-corrected chi connectivity index (χ3v) is 3.45. The van der Waals surface area contributed by atoms with Gasteiger partial charge in [-0.15, -0.1) is 11.8 Å². The van der Waals surface area contributed by atoms with Crippen LogP contribution in [0.1, 0.15) is 27.7 Å². The van der Waals surface area contributed by atoms with Crippen LogP contribution in [0.25, 0.3) is 0 Å². The highest BCUT2D eigenvalue weighted by molar-refractivity contribution is 7.98. The Bertz CT molecular complexity index is 497. The minimum Gasteiger partial charge on any atom is -0.445 e. The lowest BCUT2D eigenvalue weighted by Crippen LogP contribution is -1.82. The van der Waals surface area contributed by atoms with Crippen molar-refractivity contribution in [2.75, 3.05) is 0 Å².